The van der Waals surface area contributed by atoms with E-state index in [1.807, 2.05) is 31.2 Å². The highest BCUT2D eigenvalue weighted by atomic mass is 19.4. The Morgan fingerprint density at radius 3 is 2.43 bits per heavy atom. The normalized spacial score (nSPS) is 15.7. The van der Waals surface area contributed by atoms with Gasteiger partial charge >= 0.3 is 6.18 Å². The number of hydrogen-bond acceptors (Lipinski definition) is 3. The first-order valence-corrected chi connectivity index (χ1v) is 8.94. The fourth-order valence-corrected chi connectivity index (χ4v) is 3.01. The number of furan rings is 1. The largest absolute Gasteiger partial charge is 0.457 e. The standard InChI is InChI=1S/C22H15F3N2O3/c1-13-5-7-14(8-6-13)19-10-9-17(30-19)12-18-20(28)26-27(21(18)29)16-4-2-3-15(11-16)22(23,24)25/h2-12H,1H3,(H,26,28). The van der Waals surface area contributed by atoms with Crippen molar-refractivity contribution in [3.05, 3.63) is 83.1 Å². The number of anilines is 1. The SMILES string of the molecule is Cc1ccc(-c2ccc(C=C3C(=O)NN(c4cccc(C(F)(F)F)c4)C3=O)o2)cc1. The molecule has 8 heteroatoms. The van der Waals surface area contributed by atoms with Gasteiger partial charge in [0.15, 0.2) is 0 Å². The molecule has 0 radical (unpaired) electrons. The van der Waals surface area contributed by atoms with Gasteiger partial charge in [-0.1, -0.05) is 35.9 Å². The molecule has 30 heavy (non-hydrogen) atoms. The fourth-order valence-electron chi connectivity index (χ4n) is 3.01. The molecular formula is C22H15F3N2O3. The number of hydrazine groups is 1. The van der Waals surface area contributed by atoms with Crippen molar-refractivity contribution in [3.63, 3.8) is 0 Å². The number of nitrogens with one attached hydrogen (secondary N) is 1. The molecule has 2 aromatic carbocycles. The topological polar surface area (TPSA) is 62.6 Å². The minimum Gasteiger partial charge on any atom is -0.457 e. The van der Waals surface area contributed by atoms with Crippen LogP contribution in [0, 0.1) is 6.92 Å². The molecule has 1 fully saturated rings. The van der Waals surface area contributed by atoms with Gasteiger partial charge in [-0.15, -0.1) is 0 Å². The molecule has 1 aliphatic rings. The van der Waals surface area contributed by atoms with E-state index < -0.39 is 23.6 Å². The van der Waals surface area contributed by atoms with E-state index in [-0.39, 0.29) is 17.0 Å². The highest BCUT2D eigenvalue weighted by molar-refractivity contribution is 6.31. The highest BCUT2D eigenvalue weighted by Crippen LogP contribution is 2.32. The summed E-state index contributed by atoms with van der Waals surface area (Å²) in [5, 5.41) is 0.785. The molecule has 0 atom stereocenters. The number of amides is 2. The van der Waals surface area contributed by atoms with Gasteiger partial charge in [0.25, 0.3) is 11.8 Å². The number of aryl methyl sites for hydroxylation is 1. The van der Waals surface area contributed by atoms with E-state index in [4.69, 9.17) is 4.42 Å². The summed E-state index contributed by atoms with van der Waals surface area (Å²) >= 11 is 0. The molecule has 5 nitrogen and oxygen atoms in total. The molecule has 152 valence electrons. The number of benzene rings is 2. The Balaban J connectivity index is 1.61. The summed E-state index contributed by atoms with van der Waals surface area (Å²) < 4.78 is 44.5. The minimum absolute atomic E-state index is 0.0913. The second-order valence-electron chi connectivity index (χ2n) is 6.76. The second kappa shape index (κ2) is 7.22. The van der Waals surface area contributed by atoms with Gasteiger partial charge in [0, 0.05) is 5.56 Å². The molecule has 0 bridgehead atoms. The van der Waals surface area contributed by atoms with E-state index in [1.54, 1.807) is 12.1 Å². The molecule has 2 amide bonds. The maximum atomic E-state index is 12.9. The molecule has 0 unspecified atom stereocenters. The van der Waals surface area contributed by atoms with Gasteiger partial charge in [-0.2, -0.15) is 13.2 Å². The number of rotatable bonds is 3. The molecule has 4 rings (SSSR count). The van der Waals surface area contributed by atoms with Crippen LogP contribution >= 0.6 is 0 Å². The minimum atomic E-state index is -4.57. The summed E-state index contributed by atoms with van der Waals surface area (Å²) in [6.45, 7) is 1.96. The Morgan fingerprint density at radius 2 is 1.73 bits per heavy atom. The van der Waals surface area contributed by atoms with Crippen LogP contribution in [0.25, 0.3) is 17.4 Å². The smallest absolute Gasteiger partial charge is 0.416 e. The lowest BCUT2D eigenvalue weighted by Crippen LogP contribution is -2.35. The summed E-state index contributed by atoms with van der Waals surface area (Å²) in [6, 6.07) is 15.1. The quantitative estimate of drug-likeness (QED) is 0.500. The highest BCUT2D eigenvalue weighted by Gasteiger charge is 2.36. The van der Waals surface area contributed by atoms with Crippen LogP contribution in [0.3, 0.4) is 0 Å². The van der Waals surface area contributed by atoms with E-state index in [1.165, 1.54) is 18.2 Å². The lowest BCUT2D eigenvalue weighted by atomic mass is 10.1. The van der Waals surface area contributed by atoms with Crippen molar-refractivity contribution in [2.75, 3.05) is 5.01 Å². The van der Waals surface area contributed by atoms with E-state index in [0.29, 0.717) is 5.76 Å². The molecule has 3 aromatic rings. The van der Waals surface area contributed by atoms with Crippen LogP contribution in [0.15, 0.2) is 70.7 Å². The van der Waals surface area contributed by atoms with Crippen molar-refractivity contribution in [2.45, 2.75) is 13.1 Å². The van der Waals surface area contributed by atoms with Crippen molar-refractivity contribution in [3.8, 4) is 11.3 Å². The monoisotopic (exact) mass is 412 g/mol. The van der Waals surface area contributed by atoms with Crippen molar-refractivity contribution < 1.29 is 27.2 Å². The summed E-state index contributed by atoms with van der Waals surface area (Å²) in [7, 11) is 0. The van der Waals surface area contributed by atoms with E-state index >= 15 is 0 Å². The van der Waals surface area contributed by atoms with Gasteiger partial charge in [0.05, 0.1) is 11.3 Å². The van der Waals surface area contributed by atoms with Crippen LogP contribution in [0.4, 0.5) is 18.9 Å². The van der Waals surface area contributed by atoms with Gasteiger partial charge in [0.1, 0.15) is 17.1 Å². The predicted molar refractivity (Wildman–Crippen MR) is 104 cm³/mol. The molecule has 0 aliphatic carbocycles. The van der Waals surface area contributed by atoms with E-state index in [0.717, 1.165) is 28.3 Å². The number of carbonyl (C=O) groups is 2. The number of hydrogen-bond donors (Lipinski definition) is 1. The van der Waals surface area contributed by atoms with Crippen LogP contribution in [-0.4, -0.2) is 11.8 Å². The molecule has 1 aliphatic heterocycles. The Bertz CT molecular complexity index is 1160. The van der Waals surface area contributed by atoms with E-state index in [2.05, 4.69) is 5.43 Å². The van der Waals surface area contributed by atoms with Crippen LogP contribution < -0.4 is 10.4 Å². The van der Waals surface area contributed by atoms with Gasteiger partial charge in [-0.25, -0.2) is 5.01 Å². The Morgan fingerprint density at radius 1 is 1.00 bits per heavy atom. The number of alkyl halides is 3. The first-order chi connectivity index (χ1) is 14.2. The lowest BCUT2D eigenvalue weighted by molar-refractivity contribution is -0.137. The molecule has 0 spiro atoms. The van der Waals surface area contributed by atoms with Crippen LogP contribution in [-0.2, 0) is 15.8 Å². The average molecular weight is 412 g/mol. The maximum absolute atomic E-state index is 12.9. The van der Waals surface area contributed by atoms with Crippen LogP contribution in [0.2, 0.25) is 0 Å². The Hall–Kier alpha value is -3.81. The zero-order chi connectivity index (χ0) is 21.5. The van der Waals surface area contributed by atoms with Gasteiger partial charge < -0.3 is 4.42 Å². The zero-order valence-corrected chi connectivity index (χ0v) is 15.7. The Kier molecular flexibility index (Phi) is 4.69. The molecule has 1 saturated heterocycles. The van der Waals surface area contributed by atoms with Crippen molar-refractivity contribution in [1.29, 1.82) is 0 Å². The fraction of sp³-hybridized carbons (Fsp3) is 0.0909. The van der Waals surface area contributed by atoms with Crippen molar-refractivity contribution >= 4 is 23.6 Å². The predicted octanol–water partition coefficient (Wildman–Crippen LogP) is 4.74. The molecule has 0 saturated carbocycles. The lowest BCUT2D eigenvalue weighted by Gasteiger charge is -2.16. The first-order valence-electron chi connectivity index (χ1n) is 8.94. The Labute approximate surface area is 169 Å². The van der Waals surface area contributed by atoms with Gasteiger partial charge in [-0.3, -0.25) is 15.0 Å². The second-order valence-corrected chi connectivity index (χ2v) is 6.76. The third-order valence-electron chi connectivity index (χ3n) is 4.57. The van der Waals surface area contributed by atoms with Gasteiger partial charge in [-0.05, 0) is 43.3 Å². The van der Waals surface area contributed by atoms with Crippen LogP contribution in [0.5, 0.6) is 0 Å². The summed E-state index contributed by atoms with van der Waals surface area (Å²) in [4.78, 5) is 24.9. The molecular weight excluding hydrogens is 397 g/mol. The van der Waals surface area contributed by atoms with E-state index in [9.17, 15) is 22.8 Å². The molecule has 1 N–H and O–H groups in total. The number of nitrogens with zero attached hydrogens (tertiary/aromatic N) is 1. The van der Waals surface area contributed by atoms with Crippen molar-refractivity contribution in [1.82, 2.24) is 5.43 Å². The summed E-state index contributed by atoms with van der Waals surface area (Å²) in [6.07, 6.45) is -3.30. The summed E-state index contributed by atoms with van der Waals surface area (Å²) in [5.41, 5.74) is 2.95. The molecule has 1 aromatic heterocycles. The first kappa shape index (κ1) is 19.5. The summed E-state index contributed by atoms with van der Waals surface area (Å²) in [5.74, 6) is -0.671. The van der Waals surface area contributed by atoms with Gasteiger partial charge in [0.2, 0.25) is 0 Å². The third kappa shape index (κ3) is 3.71. The van der Waals surface area contributed by atoms with Crippen LogP contribution in [0.1, 0.15) is 16.9 Å². The number of halogens is 3. The zero-order valence-electron chi connectivity index (χ0n) is 15.7. The van der Waals surface area contributed by atoms with Crippen molar-refractivity contribution in [2.24, 2.45) is 0 Å². The average Bonchev–Trinajstić information content (AvgIpc) is 3.28. The third-order valence-corrected chi connectivity index (χ3v) is 4.57. The molecule has 2 heterocycles. The number of carbonyl (C=O) groups excluding carboxylic acids is 2. The maximum Gasteiger partial charge on any atom is 0.416 e.